The molecule has 1 aliphatic carbocycles. The van der Waals surface area contributed by atoms with Crippen LogP contribution in [0.2, 0.25) is 0 Å². The highest BCUT2D eigenvalue weighted by atomic mass is 16.4. The molecule has 2 aliphatic rings. The van der Waals surface area contributed by atoms with Crippen molar-refractivity contribution in [2.24, 2.45) is 11.3 Å². The van der Waals surface area contributed by atoms with E-state index >= 15 is 0 Å². The zero-order valence-corrected chi connectivity index (χ0v) is 11.8. The van der Waals surface area contributed by atoms with Crippen LogP contribution in [0.4, 0.5) is 5.69 Å². The lowest BCUT2D eigenvalue weighted by molar-refractivity contribution is -0.137. The van der Waals surface area contributed by atoms with Gasteiger partial charge in [-0.3, -0.25) is 9.59 Å². The second kappa shape index (κ2) is 4.33. The molecule has 0 spiro atoms. The van der Waals surface area contributed by atoms with Crippen LogP contribution in [-0.4, -0.2) is 23.5 Å². The summed E-state index contributed by atoms with van der Waals surface area (Å²) in [6.45, 7) is 4.70. The van der Waals surface area contributed by atoms with Gasteiger partial charge in [-0.2, -0.15) is 0 Å². The molecular weight excluding hydrogens is 254 g/mol. The maximum absolute atomic E-state index is 12.6. The fourth-order valence-corrected chi connectivity index (χ4v) is 3.17. The van der Waals surface area contributed by atoms with Crippen LogP contribution in [-0.2, 0) is 9.59 Å². The summed E-state index contributed by atoms with van der Waals surface area (Å²) in [5.74, 6) is -0.671. The minimum atomic E-state index is -0.814. The van der Waals surface area contributed by atoms with Crippen LogP contribution in [0.1, 0.15) is 38.2 Å². The number of rotatable bonds is 3. The zero-order valence-electron chi connectivity index (χ0n) is 11.8. The minimum Gasteiger partial charge on any atom is -0.481 e. The normalized spacial score (nSPS) is 26.2. The van der Waals surface area contributed by atoms with Gasteiger partial charge < -0.3 is 10.0 Å². The number of carboxylic acid groups (broad SMARTS) is 1. The van der Waals surface area contributed by atoms with Crippen molar-refractivity contribution >= 4 is 17.6 Å². The Hall–Kier alpha value is -1.84. The molecule has 1 aromatic carbocycles. The van der Waals surface area contributed by atoms with E-state index in [1.165, 1.54) is 0 Å². The SMILES string of the molecule is CC1(C)CC1C(=O)N1CC(CC(=O)O)c2ccccc21. The molecule has 1 heterocycles. The highest BCUT2D eigenvalue weighted by Gasteiger charge is 2.53. The number of hydrogen-bond donors (Lipinski definition) is 1. The molecule has 2 atom stereocenters. The van der Waals surface area contributed by atoms with E-state index in [0.717, 1.165) is 17.7 Å². The average molecular weight is 273 g/mol. The quantitative estimate of drug-likeness (QED) is 0.921. The third-order valence-electron chi connectivity index (χ3n) is 4.57. The molecule has 3 rings (SSSR count). The topological polar surface area (TPSA) is 57.6 Å². The Bertz CT molecular complexity index is 579. The number of carbonyl (C=O) groups excluding carboxylic acids is 1. The van der Waals surface area contributed by atoms with Crippen LogP contribution in [0.15, 0.2) is 24.3 Å². The van der Waals surface area contributed by atoms with E-state index < -0.39 is 5.97 Å². The lowest BCUT2D eigenvalue weighted by atomic mass is 9.98. The van der Waals surface area contributed by atoms with Gasteiger partial charge in [0.05, 0.1) is 6.42 Å². The van der Waals surface area contributed by atoms with Gasteiger partial charge in [-0.15, -0.1) is 0 Å². The number of nitrogens with zero attached hydrogens (tertiary/aromatic N) is 1. The summed E-state index contributed by atoms with van der Waals surface area (Å²) in [5.41, 5.74) is 1.98. The van der Waals surface area contributed by atoms with Gasteiger partial charge in [0.1, 0.15) is 0 Å². The molecule has 1 saturated carbocycles. The van der Waals surface area contributed by atoms with E-state index in [-0.39, 0.29) is 29.6 Å². The Morgan fingerprint density at radius 2 is 2.00 bits per heavy atom. The van der Waals surface area contributed by atoms with Crippen molar-refractivity contribution in [3.8, 4) is 0 Å². The molecule has 2 unspecified atom stereocenters. The first kappa shape index (κ1) is 13.2. The Morgan fingerprint density at radius 1 is 1.35 bits per heavy atom. The predicted octanol–water partition coefficient (Wildman–Crippen LogP) is 2.64. The molecule has 0 radical (unpaired) electrons. The van der Waals surface area contributed by atoms with Gasteiger partial charge in [0.25, 0.3) is 0 Å². The Kier molecular flexibility index (Phi) is 2.85. The Balaban J connectivity index is 1.87. The molecule has 1 amide bonds. The van der Waals surface area contributed by atoms with Crippen molar-refractivity contribution < 1.29 is 14.7 Å². The summed E-state index contributed by atoms with van der Waals surface area (Å²) >= 11 is 0. The van der Waals surface area contributed by atoms with E-state index in [1.54, 1.807) is 4.90 Å². The molecule has 0 saturated heterocycles. The van der Waals surface area contributed by atoms with Crippen LogP contribution in [0.25, 0.3) is 0 Å². The van der Waals surface area contributed by atoms with Crippen LogP contribution >= 0.6 is 0 Å². The molecular formula is C16H19NO3. The summed E-state index contributed by atoms with van der Waals surface area (Å²) in [5, 5.41) is 9.03. The monoisotopic (exact) mass is 273 g/mol. The second-order valence-corrected chi connectivity index (χ2v) is 6.55. The van der Waals surface area contributed by atoms with Crippen LogP contribution in [0, 0.1) is 11.3 Å². The number of hydrogen-bond acceptors (Lipinski definition) is 2. The van der Waals surface area contributed by atoms with E-state index in [2.05, 4.69) is 13.8 Å². The molecule has 1 aliphatic heterocycles. The van der Waals surface area contributed by atoms with Gasteiger partial charge in [-0.25, -0.2) is 0 Å². The molecule has 1 N–H and O–H groups in total. The van der Waals surface area contributed by atoms with Gasteiger partial charge in [-0.1, -0.05) is 32.0 Å². The minimum absolute atomic E-state index is 0.0782. The fourth-order valence-electron chi connectivity index (χ4n) is 3.17. The summed E-state index contributed by atoms with van der Waals surface area (Å²) < 4.78 is 0. The number of fused-ring (bicyclic) bond motifs is 1. The van der Waals surface area contributed by atoms with Crippen LogP contribution in [0.3, 0.4) is 0 Å². The molecule has 20 heavy (non-hydrogen) atoms. The molecule has 106 valence electrons. The number of amides is 1. The third-order valence-corrected chi connectivity index (χ3v) is 4.57. The molecule has 0 bridgehead atoms. The Morgan fingerprint density at radius 3 is 2.60 bits per heavy atom. The van der Waals surface area contributed by atoms with Crippen molar-refractivity contribution in [1.29, 1.82) is 0 Å². The molecule has 4 heteroatoms. The van der Waals surface area contributed by atoms with Crippen molar-refractivity contribution in [2.75, 3.05) is 11.4 Å². The van der Waals surface area contributed by atoms with E-state index in [0.29, 0.717) is 6.54 Å². The number of anilines is 1. The zero-order chi connectivity index (χ0) is 14.5. The van der Waals surface area contributed by atoms with Crippen molar-refractivity contribution in [2.45, 2.75) is 32.6 Å². The first-order valence-corrected chi connectivity index (χ1v) is 7.02. The summed E-state index contributed by atoms with van der Waals surface area (Å²) in [6.07, 6.45) is 1.00. The largest absolute Gasteiger partial charge is 0.481 e. The number of benzene rings is 1. The van der Waals surface area contributed by atoms with Gasteiger partial charge in [0, 0.05) is 24.1 Å². The maximum Gasteiger partial charge on any atom is 0.304 e. The average Bonchev–Trinajstić information content (AvgIpc) is 2.87. The summed E-state index contributed by atoms with van der Waals surface area (Å²) in [4.78, 5) is 25.4. The molecule has 1 aromatic rings. The highest BCUT2D eigenvalue weighted by molar-refractivity contribution is 5.99. The summed E-state index contributed by atoms with van der Waals surface area (Å²) in [7, 11) is 0. The number of carboxylic acids is 1. The number of para-hydroxylation sites is 1. The van der Waals surface area contributed by atoms with Gasteiger partial charge >= 0.3 is 5.97 Å². The van der Waals surface area contributed by atoms with Gasteiger partial charge in [-0.05, 0) is 23.5 Å². The van der Waals surface area contributed by atoms with Crippen LogP contribution in [0.5, 0.6) is 0 Å². The third kappa shape index (κ3) is 2.09. The van der Waals surface area contributed by atoms with Gasteiger partial charge in [0.2, 0.25) is 5.91 Å². The lowest BCUT2D eigenvalue weighted by Gasteiger charge is -2.18. The number of aliphatic carboxylic acids is 1. The first-order valence-electron chi connectivity index (χ1n) is 7.02. The fraction of sp³-hybridized carbons (Fsp3) is 0.500. The maximum atomic E-state index is 12.6. The van der Waals surface area contributed by atoms with E-state index in [9.17, 15) is 9.59 Å². The first-order chi connectivity index (χ1) is 9.40. The van der Waals surface area contributed by atoms with E-state index in [4.69, 9.17) is 5.11 Å². The second-order valence-electron chi connectivity index (χ2n) is 6.55. The standard InChI is InChI=1S/C16H19NO3/c1-16(2)8-12(16)15(20)17-9-10(7-14(18)19)11-5-3-4-6-13(11)17/h3-6,10,12H,7-9H2,1-2H3,(H,18,19). The predicted molar refractivity (Wildman–Crippen MR) is 75.7 cm³/mol. The molecule has 1 fully saturated rings. The van der Waals surface area contributed by atoms with Gasteiger partial charge in [0.15, 0.2) is 0 Å². The van der Waals surface area contributed by atoms with Crippen molar-refractivity contribution in [1.82, 2.24) is 0 Å². The highest BCUT2D eigenvalue weighted by Crippen LogP contribution is 2.53. The molecule has 0 aromatic heterocycles. The number of carbonyl (C=O) groups is 2. The summed E-state index contributed by atoms with van der Waals surface area (Å²) in [6, 6.07) is 7.67. The molecule has 4 nitrogen and oxygen atoms in total. The Labute approximate surface area is 118 Å². The van der Waals surface area contributed by atoms with Crippen molar-refractivity contribution in [3.05, 3.63) is 29.8 Å². The lowest BCUT2D eigenvalue weighted by Crippen LogP contribution is -2.32. The smallest absolute Gasteiger partial charge is 0.304 e. The van der Waals surface area contributed by atoms with E-state index in [1.807, 2.05) is 24.3 Å². The van der Waals surface area contributed by atoms with Crippen LogP contribution < -0.4 is 4.90 Å². The van der Waals surface area contributed by atoms with Crippen molar-refractivity contribution in [3.63, 3.8) is 0 Å².